The minimum Gasteiger partial charge on any atom is -0.467 e. The third-order valence-corrected chi connectivity index (χ3v) is 8.04. The fourth-order valence-corrected chi connectivity index (χ4v) is 5.52. The number of hydrogen-bond acceptors (Lipinski definition) is 9. The van der Waals surface area contributed by atoms with Gasteiger partial charge in [-0.15, -0.1) is 0 Å². The van der Waals surface area contributed by atoms with Crippen molar-refractivity contribution in [3.63, 3.8) is 0 Å². The monoisotopic (exact) mass is 560 g/mol. The second-order valence-electron chi connectivity index (χ2n) is 10.5. The first-order valence-electron chi connectivity index (χ1n) is 13.4. The highest BCUT2D eigenvalue weighted by molar-refractivity contribution is 5.99. The Kier molecular flexibility index (Phi) is 6.86. The second-order valence-corrected chi connectivity index (χ2v) is 10.5. The standard InChI is InChI=1S/C29H30F2N8O2/c1-37-11-9-17(37)7-8-22(40)39-12-10-18(15-39)38(2)28-19-14-33-27(24(31)25(19)35-29(36-28)41-3)26-23-16(13-21(32)34-26)5-4-6-20(23)30/h4-8,13-14,17-18H,9-12,15H2,1-3H3,(H2,32,34)/b8-7+. The number of nitrogens with two attached hydrogens (primary N) is 1. The van der Waals surface area contributed by atoms with Crippen LogP contribution in [0, 0.1) is 11.6 Å². The van der Waals surface area contributed by atoms with Crippen molar-refractivity contribution in [2.24, 2.45) is 0 Å². The highest BCUT2D eigenvalue weighted by Gasteiger charge is 2.31. The van der Waals surface area contributed by atoms with Gasteiger partial charge in [0, 0.05) is 56.4 Å². The van der Waals surface area contributed by atoms with Gasteiger partial charge in [-0.3, -0.25) is 14.7 Å². The number of likely N-dealkylation sites (tertiary alicyclic amines) is 2. The first-order chi connectivity index (χ1) is 19.7. The third kappa shape index (κ3) is 4.77. The number of pyridine rings is 2. The Balaban J connectivity index is 1.35. The van der Waals surface area contributed by atoms with Crippen LogP contribution in [-0.4, -0.2) is 88.6 Å². The molecule has 4 aromatic rings. The first-order valence-corrected chi connectivity index (χ1v) is 13.4. The molecule has 0 radical (unpaired) electrons. The lowest BCUT2D eigenvalue weighted by Gasteiger charge is -2.35. The molecule has 6 rings (SSSR count). The maximum Gasteiger partial charge on any atom is 0.318 e. The largest absolute Gasteiger partial charge is 0.467 e. The molecule has 2 saturated heterocycles. The van der Waals surface area contributed by atoms with E-state index in [0.717, 1.165) is 13.0 Å². The molecule has 2 N–H and O–H groups in total. The number of ether oxygens (including phenoxy) is 1. The zero-order valence-corrected chi connectivity index (χ0v) is 23.0. The molecule has 10 nitrogen and oxygen atoms in total. The van der Waals surface area contributed by atoms with E-state index >= 15 is 4.39 Å². The number of likely N-dealkylation sites (N-methyl/N-ethyl adjacent to an activating group) is 2. The molecule has 2 aliphatic rings. The predicted molar refractivity (Wildman–Crippen MR) is 153 cm³/mol. The summed E-state index contributed by atoms with van der Waals surface area (Å²) < 4.78 is 36.4. The molecule has 0 aliphatic carbocycles. The topological polar surface area (TPSA) is 114 Å². The van der Waals surface area contributed by atoms with Gasteiger partial charge >= 0.3 is 6.01 Å². The molecule has 41 heavy (non-hydrogen) atoms. The number of fused-ring (bicyclic) bond motifs is 2. The van der Waals surface area contributed by atoms with E-state index in [-0.39, 0.29) is 46.1 Å². The molecule has 2 aliphatic heterocycles. The number of carbonyl (C=O) groups excluding carboxylic acids is 1. The molecular weight excluding hydrogens is 530 g/mol. The molecule has 12 heteroatoms. The normalized spacial score (nSPS) is 19.3. The predicted octanol–water partition coefficient (Wildman–Crippen LogP) is 3.41. The molecule has 0 spiro atoms. The van der Waals surface area contributed by atoms with E-state index in [2.05, 4.69) is 24.8 Å². The van der Waals surface area contributed by atoms with Crippen LogP contribution in [0.3, 0.4) is 0 Å². The summed E-state index contributed by atoms with van der Waals surface area (Å²) in [6.45, 7) is 2.12. The molecule has 0 bridgehead atoms. The van der Waals surface area contributed by atoms with Crippen LogP contribution in [0.5, 0.6) is 6.01 Å². The number of halogens is 2. The van der Waals surface area contributed by atoms with Crippen molar-refractivity contribution < 1.29 is 18.3 Å². The summed E-state index contributed by atoms with van der Waals surface area (Å²) in [7, 11) is 5.28. The molecule has 212 valence electrons. The minimum absolute atomic E-state index is 0.0175. The van der Waals surface area contributed by atoms with Crippen molar-refractivity contribution in [1.82, 2.24) is 29.7 Å². The number of rotatable bonds is 6. The molecule has 1 amide bonds. The molecule has 2 atom stereocenters. The van der Waals surface area contributed by atoms with Gasteiger partial charge in [-0.1, -0.05) is 18.2 Å². The number of amides is 1. The maximum atomic E-state index is 16.2. The van der Waals surface area contributed by atoms with Crippen molar-refractivity contribution in [1.29, 1.82) is 0 Å². The summed E-state index contributed by atoms with van der Waals surface area (Å²) in [5, 5.41) is 0.935. The molecule has 2 unspecified atom stereocenters. The van der Waals surface area contributed by atoms with Gasteiger partial charge in [-0.2, -0.15) is 9.97 Å². The van der Waals surface area contributed by atoms with Crippen molar-refractivity contribution in [2.75, 3.05) is 51.5 Å². The van der Waals surface area contributed by atoms with Gasteiger partial charge in [0.1, 0.15) is 34.4 Å². The van der Waals surface area contributed by atoms with Gasteiger partial charge in [-0.05, 0) is 37.4 Å². The van der Waals surface area contributed by atoms with Crippen LogP contribution >= 0.6 is 0 Å². The van der Waals surface area contributed by atoms with E-state index in [1.807, 2.05) is 25.1 Å². The number of nitrogen functional groups attached to an aromatic ring is 1. The van der Waals surface area contributed by atoms with Crippen LogP contribution in [0.4, 0.5) is 20.4 Å². The first kappa shape index (κ1) is 26.8. The second kappa shape index (κ2) is 10.5. The Bertz CT molecular complexity index is 1700. The van der Waals surface area contributed by atoms with Crippen LogP contribution in [0.1, 0.15) is 12.8 Å². The summed E-state index contributed by atoms with van der Waals surface area (Å²) in [6, 6.07) is 6.22. The zero-order chi connectivity index (χ0) is 28.8. The van der Waals surface area contributed by atoms with Crippen LogP contribution in [0.25, 0.3) is 33.1 Å². The van der Waals surface area contributed by atoms with E-state index in [9.17, 15) is 9.18 Å². The number of nitrogens with zero attached hydrogens (tertiary/aromatic N) is 7. The van der Waals surface area contributed by atoms with Crippen molar-refractivity contribution in [2.45, 2.75) is 24.9 Å². The van der Waals surface area contributed by atoms with Crippen molar-refractivity contribution in [3.8, 4) is 17.4 Å². The molecule has 2 fully saturated rings. The summed E-state index contributed by atoms with van der Waals surface area (Å²) >= 11 is 0. The minimum atomic E-state index is -0.796. The lowest BCUT2D eigenvalue weighted by atomic mass is 10.0. The fraction of sp³-hybridized carbons (Fsp3) is 0.345. The average Bonchev–Trinajstić information content (AvgIpc) is 3.46. The third-order valence-electron chi connectivity index (χ3n) is 8.04. The van der Waals surface area contributed by atoms with Crippen molar-refractivity contribution in [3.05, 3.63) is 54.2 Å². The molecule has 5 heterocycles. The van der Waals surface area contributed by atoms with Crippen LogP contribution < -0.4 is 15.4 Å². The van der Waals surface area contributed by atoms with Gasteiger partial charge in [0.15, 0.2) is 5.82 Å². The number of carbonyl (C=O) groups is 1. The molecule has 0 saturated carbocycles. The van der Waals surface area contributed by atoms with Gasteiger partial charge in [0.2, 0.25) is 5.91 Å². The van der Waals surface area contributed by atoms with E-state index in [1.54, 1.807) is 23.1 Å². The molecule has 3 aromatic heterocycles. The number of hydrogen-bond donors (Lipinski definition) is 1. The van der Waals surface area contributed by atoms with Gasteiger partial charge in [-0.25, -0.2) is 13.8 Å². The Hall–Kier alpha value is -4.45. The van der Waals surface area contributed by atoms with Gasteiger partial charge in [0.05, 0.1) is 12.5 Å². The van der Waals surface area contributed by atoms with Gasteiger partial charge in [0.25, 0.3) is 0 Å². The number of anilines is 2. The fourth-order valence-electron chi connectivity index (χ4n) is 5.52. The van der Waals surface area contributed by atoms with E-state index in [1.165, 1.54) is 25.4 Å². The Morgan fingerprint density at radius 2 is 2.00 bits per heavy atom. The Morgan fingerprint density at radius 3 is 2.73 bits per heavy atom. The maximum absolute atomic E-state index is 16.2. The molecular formula is C29H30F2N8O2. The van der Waals surface area contributed by atoms with Crippen LogP contribution in [0.2, 0.25) is 0 Å². The van der Waals surface area contributed by atoms with E-state index < -0.39 is 11.6 Å². The summed E-state index contributed by atoms with van der Waals surface area (Å²) in [6.07, 6.45) is 6.83. The van der Waals surface area contributed by atoms with Gasteiger partial charge < -0.3 is 20.3 Å². The summed E-state index contributed by atoms with van der Waals surface area (Å²) in [5.74, 6) is -0.878. The lowest BCUT2D eigenvalue weighted by Crippen LogP contribution is -2.43. The zero-order valence-electron chi connectivity index (χ0n) is 23.0. The number of benzene rings is 1. The molecule has 1 aromatic carbocycles. The SMILES string of the molecule is COc1nc(N(C)C2CCN(C(=O)/C=C/C3CCN3C)C2)c2cnc(-c3nc(N)cc4cccc(F)c34)c(F)c2n1. The average molecular weight is 561 g/mol. The van der Waals surface area contributed by atoms with Crippen LogP contribution in [0.15, 0.2) is 42.6 Å². The van der Waals surface area contributed by atoms with Crippen molar-refractivity contribution >= 4 is 39.2 Å². The number of aromatic nitrogens is 4. The summed E-state index contributed by atoms with van der Waals surface area (Å²) in [5.41, 5.74) is 5.72. The van der Waals surface area contributed by atoms with Crippen LogP contribution in [-0.2, 0) is 4.79 Å². The quantitative estimate of drug-likeness (QED) is 0.355. The lowest BCUT2D eigenvalue weighted by molar-refractivity contribution is -0.125. The summed E-state index contributed by atoms with van der Waals surface area (Å²) in [4.78, 5) is 36.1. The highest BCUT2D eigenvalue weighted by Crippen LogP contribution is 2.36. The Labute approximate surface area is 235 Å². The highest BCUT2D eigenvalue weighted by atomic mass is 19.1. The smallest absolute Gasteiger partial charge is 0.318 e. The number of methoxy groups -OCH3 is 1. The van der Waals surface area contributed by atoms with E-state index in [0.29, 0.717) is 42.1 Å². The Morgan fingerprint density at radius 1 is 1.17 bits per heavy atom. The van der Waals surface area contributed by atoms with E-state index in [4.69, 9.17) is 10.5 Å².